The fourth-order valence-corrected chi connectivity index (χ4v) is 2.93. The van der Waals surface area contributed by atoms with Gasteiger partial charge < -0.3 is 10.6 Å². The van der Waals surface area contributed by atoms with Crippen molar-refractivity contribution in [1.29, 1.82) is 0 Å². The molecule has 0 aliphatic carbocycles. The molecule has 2 rings (SSSR count). The Morgan fingerprint density at radius 3 is 2.50 bits per heavy atom. The van der Waals surface area contributed by atoms with Crippen LogP contribution in [0.15, 0.2) is 30.3 Å². The molecule has 0 spiro atoms. The molecule has 1 aromatic carbocycles. The molecular weight excluding hydrogens is 250 g/mol. The first-order valence-corrected chi connectivity index (χ1v) is 7.50. The first-order valence-electron chi connectivity index (χ1n) is 7.50. The van der Waals surface area contributed by atoms with Crippen molar-refractivity contribution in [2.45, 2.75) is 32.4 Å². The number of nitrogens with two attached hydrogens (primary N) is 1. The third kappa shape index (κ3) is 3.81. The van der Waals surface area contributed by atoms with E-state index in [2.05, 4.69) is 42.2 Å². The Hall–Kier alpha value is -1.39. The summed E-state index contributed by atoms with van der Waals surface area (Å²) in [5.41, 5.74) is 6.78. The number of benzene rings is 1. The van der Waals surface area contributed by atoms with Crippen LogP contribution in [0.1, 0.15) is 25.3 Å². The lowest BCUT2D eigenvalue weighted by molar-refractivity contribution is -0.131. The molecule has 1 amide bonds. The molecule has 0 aromatic heterocycles. The summed E-state index contributed by atoms with van der Waals surface area (Å²) in [6, 6.07) is 11.2. The molecule has 20 heavy (non-hydrogen) atoms. The molecule has 1 aromatic rings. The Morgan fingerprint density at radius 1 is 1.30 bits per heavy atom. The van der Waals surface area contributed by atoms with Crippen LogP contribution in [-0.4, -0.2) is 47.9 Å². The lowest BCUT2D eigenvalue weighted by Crippen LogP contribution is -2.47. The minimum Gasteiger partial charge on any atom is -0.341 e. The number of piperidine rings is 1. The van der Waals surface area contributed by atoms with Gasteiger partial charge in [-0.3, -0.25) is 9.69 Å². The average Bonchev–Trinajstić information content (AvgIpc) is 2.53. The van der Waals surface area contributed by atoms with Crippen LogP contribution < -0.4 is 5.73 Å². The molecule has 1 fully saturated rings. The van der Waals surface area contributed by atoms with Crippen LogP contribution in [0.5, 0.6) is 0 Å². The van der Waals surface area contributed by atoms with Crippen LogP contribution in [0.2, 0.25) is 0 Å². The summed E-state index contributed by atoms with van der Waals surface area (Å²) in [4.78, 5) is 16.0. The summed E-state index contributed by atoms with van der Waals surface area (Å²) in [5, 5.41) is 0. The number of rotatable bonds is 5. The molecule has 0 bridgehead atoms. The Bertz CT molecular complexity index is 413. The molecule has 0 atom stereocenters. The van der Waals surface area contributed by atoms with Crippen LogP contribution in [-0.2, 0) is 11.3 Å². The van der Waals surface area contributed by atoms with Crippen LogP contribution in [0.25, 0.3) is 0 Å². The number of amides is 1. The fraction of sp³-hybridized carbons (Fsp3) is 0.562. The standard InChI is InChI=1S/C16H25N3O/c1-2-18(13-14-6-4-3-5-7-14)15-8-10-19(11-9-15)16(20)12-17/h3-7,15H,2,8-13,17H2,1H3. The van der Waals surface area contributed by atoms with E-state index in [1.54, 1.807) is 0 Å². The number of carbonyl (C=O) groups is 1. The van der Waals surface area contributed by atoms with Crippen LogP contribution in [0.3, 0.4) is 0 Å². The summed E-state index contributed by atoms with van der Waals surface area (Å²) in [6.07, 6.45) is 2.10. The van der Waals surface area contributed by atoms with Crippen LogP contribution in [0, 0.1) is 0 Å². The number of likely N-dealkylation sites (tertiary alicyclic amines) is 1. The Kier molecular flexibility index (Phi) is 5.56. The molecule has 0 saturated carbocycles. The molecule has 4 heteroatoms. The summed E-state index contributed by atoms with van der Waals surface area (Å²) < 4.78 is 0. The highest BCUT2D eigenvalue weighted by Gasteiger charge is 2.25. The molecule has 110 valence electrons. The van der Waals surface area contributed by atoms with Crippen molar-refractivity contribution < 1.29 is 4.79 Å². The van der Waals surface area contributed by atoms with Gasteiger partial charge in [0.05, 0.1) is 6.54 Å². The highest BCUT2D eigenvalue weighted by Crippen LogP contribution is 2.18. The average molecular weight is 275 g/mol. The first-order chi connectivity index (χ1) is 9.74. The van der Waals surface area contributed by atoms with Crippen molar-refractivity contribution in [3.63, 3.8) is 0 Å². The predicted molar refractivity (Wildman–Crippen MR) is 81.2 cm³/mol. The molecule has 0 radical (unpaired) electrons. The van der Waals surface area contributed by atoms with Crippen LogP contribution >= 0.6 is 0 Å². The zero-order valence-electron chi connectivity index (χ0n) is 12.3. The monoisotopic (exact) mass is 275 g/mol. The largest absolute Gasteiger partial charge is 0.341 e. The second-order valence-corrected chi connectivity index (χ2v) is 5.36. The SMILES string of the molecule is CCN(Cc1ccccc1)C1CCN(C(=O)CN)CC1. The molecule has 0 unspecified atom stereocenters. The quantitative estimate of drug-likeness (QED) is 0.885. The zero-order valence-corrected chi connectivity index (χ0v) is 12.3. The van der Waals surface area contributed by atoms with Gasteiger partial charge in [-0.25, -0.2) is 0 Å². The van der Waals surface area contributed by atoms with E-state index >= 15 is 0 Å². The minimum absolute atomic E-state index is 0.0783. The van der Waals surface area contributed by atoms with E-state index in [1.165, 1.54) is 5.56 Å². The normalized spacial score (nSPS) is 16.6. The van der Waals surface area contributed by atoms with Crippen molar-refractivity contribution in [3.05, 3.63) is 35.9 Å². The molecule has 1 aliphatic rings. The maximum absolute atomic E-state index is 11.6. The van der Waals surface area contributed by atoms with Crippen molar-refractivity contribution in [1.82, 2.24) is 9.80 Å². The van der Waals surface area contributed by atoms with E-state index in [1.807, 2.05) is 4.90 Å². The van der Waals surface area contributed by atoms with Gasteiger partial charge in [-0.2, -0.15) is 0 Å². The maximum Gasteiger partial charge on any atom is 0.236 e. The van der Waals surface area contributed by atoms with Gasteiger partial charge in [0.2, 0.25) is 5.91 Å². The smallest absolute Gasteiger partial charge is 0.236 e. The Morgan fingerprint density at radius 2 is 1.95 bits per heavy atom. The lowest BCUT2D eigenvalue weighted by Gasteiger charge is -2.38. The van der Waals surface area contributed by atoms with E-state index in [4.69, 9.17) is 5.73 Å². The highest BCUT2D eigenvalue weighted by molar-refractivity contribution is 5.78. The number of nitrogens with zero attached hydrogens (tertiary/aromatic N) is 2. The molecule has 1 saturated heterocycles. The van der Waals surface area contributed by atoms with Crippen molar-refractivity contribution in [2.24, 2.45) is 5.73 Å². The predicted octanol–water partition coefficient (Wildman–Crippen LogP) is 1.46. The summed E-state index contributed by atoms with van der Waals surface area (Å²) in [6.45, 7) is 6.06. The van der Waals surface area contributed by atoms with Gasteiger partial charge in [0.15, 0.2) is 0 Å². The summed E-state index contributed by atoms with van der Waals surface area (Å²) in [5.74, 6) is 0.0783. The van der Waals surface area contributed by atoms with Gasteiger partial charge >= 0.3 is 0 Å². The number of hydrogen-bond acceptors (Lipinski definition) is 3. The molecular formula is C16H25N3O. The second-order valence-electron chi connectivity index (χ2n) is 5.36. The summed E-state index contributed by atoms with van der Waals surface area (Å²) in [7, 11) is 0. The number of hydrogen-bond donors (Lipinski definition) is 1. The molecule has 1 aliphatic heterocycles. The van der Waals surface area contributed by atoms with Crippen molar-refractivity contribution >= 4 is 5.91 Å². The zero-order chi connectivity index (χ0) is 14.4. The van der Waals surface area contributed by atoms with Gasteiger partial charge in [-0.05, 0) is 24.9 Å². The topological polar surface area (TPSA) is 49.6 Å². The fourth-order valence-electron chi connectivity index (χ4n) is 2.93. The lowest BCUT2D eigenvalue weighted by atomic mass is 10.0. The number of carbonyl (C=O) groups excluding carboxylic acids is 1. The van der Waals surface area contributed by atoms with Gasteiger partial charge in [0.25, 0.3) is 0 Å². The van der Waals surface area contributed by atoms with Gasteiger partial charge in [0, 0.05) is 25.7 Å². The molecule has 4 nitrogen and oxygen atoms in total. The van der Waals surface area contributed by atoms with Crippen molar-refractivity contribution in [2.75, 3.05) is 26.2 Å². The first kappa shape index (κ1) is 15.0. The Balaban J connectivity index is 1.89. The summed E-state index contributed by atoms with van der Waals surface area (Å²) >= 11 is 0. The van der Waals surface area contributed by atoms with E-state index < -0.39 is 0 Å². The maximum atomic E-state index is 11.6. The molecule has 2 N–H and O–H groups in total. The minimum atomic E-state index is 0.0783. The van der Waals surface area contributed by atoms with E-state index in [-0.39, 0.29) is 12.5 Å². The van der Waals surface area contributed by atoms with Crippen LogP contribution in [0.4, 0.5) is 0 Å². The van der Waals surface area contributed by atoms with E-state index in [0.29, 0.717) is 6.04 Å². The second kappa shape index (κ2) is 7.41. The van der Waals surface area contributed by atoms with Crippen molar-refractivity contribution in [3.8, 4) is 0 Å². The third-order valence-corrected chi connectivity index (χ3v) is 4.14. The van der Waals surface area contributed by atoms with E-state index in [0.717, 1.165) is 39.0 Å². The third-order valence-electron chi connectivity index (χ3n) is 4.14. The highest BCUT2D eigenvalue weighted by atomic mass is 16.2. The van der Waals surface area contributed by atoms with Gasteiger partial charge in [-0.1, -0.05) is 37.3 Å². The van der Waals surface area contributed by atoms with Gasteiger partial charge in [0.1, 0.15) is 0 Å². The molecule has 1 heterocycles. The Labute approximate surface area is 121 Å². The van der Waals surface area contributed by atoms with Gasteiger partial charge in [-0.15, -0.1) is 0 Å². The van der Waals surface area contributed by atoms with E-state index in [9.17, 15) is 4.79 Å².